The van der Waals surface area contributed by atoms with Gasteiger partial charge in [0.2, 0.25) is 0 Å². The summed E-state index contributed by atoms with van der Waals surface area (Å²) < 4.78 is 0. The van der Waals surface area contributed by atoms with E-state index in [-0.39, 0.29) is 24.8 Å². The van der Waals surface area contributed by atoms with E-state index < -0.39 is 79.7 Å². The predicted molar refractivity (Wildman–Crippen MR) is 147 cm³/mol. The van der Waals surface area contributed by atoms with Crippen LogP contribution in [0.2, 0.25) is 0 Å². The molecule has 6 nitrogen and oxygen atoms in total. The van der Waals surface area contributed by atoms with Gasteiger partial charge >= 0.3 is 0 Å². The Bertz CT molecular complexity index is 1310. The van der Waals surface area contributed by atoms with Gasteiger partial charge in [0, 0.05) is 11.5 Å². The Hall–Kier alpha value is -2.44. The summed E-state index contributed by atoms with van der Waals surface area (Å²) in [6.45, 7) is 14.5. The summed E-state index contributed by atoms with van der Waals surface area (Å²) in [4.78, 5) is 59.4. The second-order valence-corrected chi connectivity index (χ2v) is 14.7. The normalized spacial score (nSPS) is 39.9. The van der Waals surface area contributed by atoms with Crippen LogP contribution in [0.4, 0.5) is 0 Å². The number of carbonyl (C=O) groups excluding carboxylic acids is 4. The minimum atomic E-state index is -2.05. The van der Waals surface area contributed by atoms with E-state index in [4.69, 9.17) is 0 Å². The van der Waals surface area contributed by atoms with Gasteiger partial charge in [-0.3, -0.25) is 19.2 Å². The fourth-order valence-electron chi connectivity index (χ4n) is 9.51. The fraction of sp³-hybridized carbons (Fsp3) is 0.636. The third kappa shape index (κ3) is 3.05. The predicted octanol–water partition coefficient (Wildman–Crippen LogP) is 4.76. The van der Waals surface area contributed by atoms with Crippen molar-refractivity contribution in [2.75, 3.05) is 0 Å². The van der Waals surface area contributed by atoms with Crippen molar-refractivity contribution < 1.29 is 29.4 Å². The van der Waals surface area contributed by atoms with E-state index in [1.165, 1.54) is 0 Å². The number of benzene rings is 1. The standard InChI is InChI=1S/C33H42O6/c1-18(2)14-15-31-16-20-22-24(35)28(3,4)21(30(7,8)39)17-32(22,25(31)36)27(38)33(26(31)37,29(20,5)6)23(34)19-12-10-9-11-13-19/h9-14,20-22,24,35,39H,15-17H2,1-8H3/t20-,21+,22-,24-,31+,32?,33+/m1/s1. The second kappa shape index (κ2) is 8.07. The molecule has 6 heteroatoms. The molecular formula is C33H42O6. The summed E-state index contributed by atoms with van der Waals surface area (Å²) in [6, 6.07) is 8.43. The Labute approximate surface area is 231 Å². The third-order valence-electron chi connectivity index (χ3n) is 11.4. The molecule has 0 aromatic heterocycles. The zero-order chi connectivity index (χ0) is 29.1. The molecule has 0 saturated heterocycles. The summed E-state index contributed by atoms with van der Waals surface area (Å²) in [5, 5.41) is 23.3. The van der Waals surface area contributed by atoms with Crippen LogP contribution >= 0.6 is 0 Å². The highest BCUT2D eigenvalue weighted by Crippen LogP contribution is 2.78. The molecular weight excluding hydrogens is 492 g/mol. The molecule has 1 aromatic carbocycles. The Morgan fingerprint density at radius 2 is 1.56 bits per heavy atom. The van der Waals surface area contributed by atoms with Gasteiger partial charge < -0.3 is 10.2 Å². The molecule has 1 aromatic rings. The van der Waals surface area contributed by atoms with Crippen LogP contribution in [0.15, 0.2) is 42.0 Å². The van der Waals surface area contributed by atoms with Crippen LogP contribution in [-0.2, 0) is 14.4 Å². The van der Waals surface area contributed by atoms with Crippen molar-refractivity contribution in [2.45, 2.75) is 86.4 Å². The van der Waals surface area contributed by atoms with Gasteiger partial charge in [-0.25, -0.2) is 0 Å². The molecule has 7 atom stereocenters. The molecule has 4 bridgehead atoms. The summed E-state index contributed by atoms with van der Waals surface area (Å²) in [5.41, 5.74) is -7.37. The average molecular weight is 535 g/mol. The molecule has 6 rings (SSSR count). The first-order chi connectivity index (χ1) is 17.9. The molecule has 2 N–H and O–H groups in total. The monoisotopic (exact) mass is 534 g/mol. The van der Waals surface area contributed by atoms with E-state index in [1.807, 2.05) is 33.8 Å². The number of hydrogen-bond acceptors (Lipinski definition) is 6. The number of aliphatic hydroxyl groups is 2. The highest BCUT2D eigenvalue weighted by atomic mass is 16.3. The number of hydrogen-bond donors (Lipinski definition) is 2. The van der Waals surface area contributed by atoms with Gasteiger partial charge in [-0.05, 0) is 69.6 Å². The van der Waals surface area contributed by atoms with Gasteiger partial charge in [-0.1, -0.05) is 69.7 Å². The quantitative estimate of drug-likeness (QED) is 0.320. The number of Topliss-reactive ketones (excluding diaryl/α,β-unsaturated/α-hetero) is 4. The van der Waals surface area contributed by atoms with Gasteiger partial charge in [0.15, 0.2) is 28.5 Å². The van der Waals surface area contributed by atoms with Crippen molar-refractivity contribution in [3.05, 3.63) is 47.5 Å². The Balaban J connectivity index is 1.87. The van der Waals surface area contributed by atoms with Gasteiger partial charge in [0.05, 0.1) is 22.5 Å². The van der Waals surface area contributed by atoms with E-state index >= 15 is 4.79 Å². The van der Waals surface area contributed by atoms with Crippen LogP contribution < -0.4 is 0 Å². The van der Waals surface area contributed by atoms with Crippen molar-refractivity contribution in [2.24, 2.45) is 44.8 Å². The molecule has 5 saturated carbocycles. The lowest BCUT2D eigenvalue weighted by atomic mass is 9.24. The Morgan fingerprint density at radius 1 is 0.974 bits per heavy atom. The zero-order valence-corrected chi connectivity index (χ0v) is 24.4. The maximum Gasteiger partial charge on any atom is 0.184 e. The van der Waals surface area contributed by atoms with E-state index in [0.717, 1.165) is 5.57 Å². The minimum absolute atomic E-state index is 0.00312. The molecule has 1 spiro atoms. The highest BCUT2D eigenvalue weighted by Gasteiger charge is 2.89. The highest BCUT2D eigenvalue weighted by molar-refractivity contribution is 6.42. The summed E-state index contributed by atoms with van der Waals surface area (Å²) in [7, 11) is 0. The fourth-order valence-corrected chi connectivity index (χ4v) is 9.51. The molecule has 0 heterocycles. The molecule has 5 aliphatic carbocycles. The minimum Gasteiger partial charge on any atom is -0.392 e. The molecule has 39 heavy (non-hydrogen) atoms. The van der Waals surface area contributed by atoms with Crippen molar-refractivity contribution >= 4 is 23.1 Å². The summed E-state index contributed by atoms with van der Waals surface area (Å²) in [5.74, 6) is -4.06. The number of aliphatic hydroxyl groups excluding tert-OH is 1. The van der Waals surface area contributed by atoms with Crippen LogP contribution in [0.25, 0.3) is 0 Å². The molecule has 5 fully saturated rings. The number of rotatable bonds is 5. The maximum atomic E-state index is 15.1. The van der Waals surface area contributed by atoms with Gasteiger partial charge in [-0.2, -0.15) is 0 Å². The van der Waals surface area contributed by atoms with E-state index in [2.05, 4.69) is 0 Å². The van der Waals surface area contributed by atoms with Crippen molar-refractivity contribution in [3.8, 4) is 0 Å². The van der Waals surface area contributed by atoms with Gasteiger partial charge in [0.25, 0.3) is 0 Å². The first-order valence-electron chi connectivity index (χ1n) is 14.1. The lowest BCUT2D eigenvalue weighted by Gasteiger charge is -2.75. The molecule has 0 amide bonds. The SMILES string of the molecule is CC(C)=CC[C@]12C[C@@H]3[C@@H]4[C@@H](O)C(C)(C)[C@@H](C(C)(C)O)CC4(C1=O)C(=O)[C@](C(=O)c1ccccc1)(C2=O)C3(C)C. The maximum absolute atomic E-state index is 15.1. The summed E-state index contributed by atoms with van der Waals surface area (Å²) >= 11 is 0. The van der Waals surface area contributed by atoms with Crippen LogP contribution in [0.5, 0.6) is 0 Å². The molecule has 210 valence electrons. The molecule has 1 unspecified atom stereocenters. The van der Waals surface area contributed by atoms with Gasteiger partial charge in [0.1, 0.15) is 0 Å². The van der Waals surface area contributed by atoms with E-state index in [1.54, 1.807) is 58.0 Å². The summed E-state index contributed by atoms with van der Waals surface area (Å²) in [6.07, 6.45) is 1.11. The Morgan fingerprint density at radius 3 is 2.10 bits per heavy atom. The number of carbonyl (C=O) groups is 4. The van der Waals surface area contributed by atoms with E-state index in [0.29, 0.717) is 0 Å². The van der Waals surface area contributed by atoms with Crippen molar-refractivity contribution in [3.63, 3.8) is 0 Å². The average Bonchev–Trinajstić information content (AvgIpc) is 2.84. The van der Waals surface area contributed by atoms with Crippen molar-refractivity contribution in [1.82, 2.24) is 0 Å². The number of allylic oxidation sites excluding steroid dienone is 2. The topological polar surface area (TPSA) is 109 Å². The zero-order valence-electron chi connectivity index (χ0n) is 24.4. The molecule has 5 aliphatic rings. The Kier molecular flexibility index (Phi) is 5.81. The van der Waals surface area contributed by atoms with Gasteiger partial charge in [-0.15, -0.1) is 0 Å². The van der Waals surface area contributed by atoms with Crippen molar-refractivity contribution in [1.29, 1.82) is 0 Å². The van der Waals surface area contributed by atoms with E-state index in [9.17, 15) is 24.6 Å². The largest absolute Gasteiger partial charge is 0.392 e. The first kappa shape index (κ1) is 28.1. The van der Waals surface area contributed by atoms with Crippen LogP contribution in [0.3, 0.4) is 0 Å². The molecule has 0 aliphatic heterocycles. The molecule has 0 radical (unpaired) electrons. The first-order valence-corrected chi connectivity index (χ1v) is 14.1. The lowest BCUT2D eigenvalue weighted by Crippen LogP contribution is -2.86. The van der Waals surface area contributed by atoms with Crippen LogP contribution in [0.1, 0.15) is 85.0 Å². The smallest absolute Gasteiger partial charge is 0.184 e. The third-order valence-corrected chi connectivity index (χ3v) is 11.4. The van der Waals surface area contributed by atoms with Crippen LogP contribution in [0, 0.1) is 44.8 Å². The number of ketones is 4. The second-order valence-electron chi connectivity index (χ2n) is 14.7. The van der Waals surface area contributed by atoms with Crippen LogP contribution in [-0.4, -0.2) is 45.1 Å². The lowest BCUT2D eigenvalue weighted by molar-refractivity contribution is -0.257.